The monoisotopic (exact) mass is 1020 g/mol. The van der Waals surface area contributed by atoms with E-state index in [-0.39, 0.29) is 63.1 Å². The zero-order valence-electron chi connectivity index (χ0n) is 41.6. The van der Waals surface area contributed by atoms with Crippen molar-refractivity contribution in [3.8, 4) is 22.0 Å². The average molecular weight is 1020 g/mol. The number of nitrogens with zero attached hydrogens (tertiary/aromatic N) is 6. The van der Waals surface area contributed by atoms with Gasteiger partial charge in [-0.2, -0.15) is 0 Å². The molecule has 72 heavy (non-hydrogen) atoms. The van der Waals surface area contributed by atoms with Crippen LogP contribution >= 0.6 is 22.9 Å². The van der Waals surface area contributed by atoms with Gasteiger partial charge >= 0.3 is 0 Å². The number of H-pyrrole nitrogens is 1. The molecule has 5 heterocycles. The molecule has 3 aromatic carbocycles. The van der Waals surface area contributed by atoms with E-state index in [0.29, 0.717) is 27.9 Å². The van der Waals surface area contributed by atoms with Crippen LogP contribution in [0, 0.1) is 38.9 Å². The Morgan fingerprint density at radius 1 is 0.972 bits per heavy atom. The van der Waals surface area contributed by atoms with Crippen LogP contribution in [-0.2, 0) is 25.6 Å². The Hall–Kier alpha value is -6.76. The van der Waals surface area contributed by atoms with Gasteiger partial charge in [0, 0.05) is 47.3 Å². The first-order valence-electron chi connectivity index (χ1n) is 24.0. The summed E-state index contributed by atoms with van der Waals surface area (Å²) in [6, 6.07) is 16.4. The molecule has 5 atom stereocenters. The molecular formula is C53H60ClFN10O6S. The number of hydrogen-bond donors (Lipinski definition) is 5. The molecule has 1 fully saturated rings. The summed E-state index contributed by atoms with van der Waals surface area (Å²) in [5.41, 5.74) is 8.76. The highest BCUT2D eigenvalue weighted by molar-refractivity contribution is 7.13. The molecule has 0 spiro atoms. The SMILES string of the molecule is Cc1ncsc1-c1ccc([C@H](C)NC(=O)[C@@H]2C[C@@H](O)CN2C(=O)[C@@H](NC(=O)CCc2cc(F)cc(OCCNC(=O)CC3N=C(c4ccc(Cl)cc4)c4c([nH]c(C)c4C)-n4c(C)nnc43)c2)C(C)(C)C)cc1. The summed E-state index contributed by atoms with van der Waals surface area (Å²) in [4.78, 5) is 70.4. The molecule has 19 heteroatoms. The van der Waals surface area contributed by atoms with Gasteiger partial charge < -0.3 is 35.7 Å². The van der Waals surface area contributed by atoms with E-state index in [0.717, 1.165) is 49.9 Å². The minimum Gasteiger partial charge on any atom is -0.492 e. The summed E-state index contributed by atoms with van der Waals surface area (Å²) >= 11 is 7.80. The number of thiazole rings is 1. The van der Waals surface area contributed by atoms with E-state index in [1.165, 1.54) is 17.0 Å². The van der Waals surface area contributed by atoms with Crippen molar-refractivity contribution in [1.82, 2.24) is 45.6 Å². The Balaban J connectivity index is 0.848. The van der Waals surface area contributed by atoms with Gasteiger partial charge in [0.05, 0.1) is 46.9 Å². The standard InChI is InChI=1S/C53H60ClFN10O6S/c1-28-29(2)58-50-45(28)46(35-14-16-37(54)17-15-35)60-41(49-63-62-32(5)65(49)50)25-44(68)56-19-20-71-40-22-33(21-38(55)23-40)9-18-43(67)61-48(53(6,7)8)52(70)64-26-39(66)24-42(64)51(69)59-30(3)34-10-12-36(13-11-34)47-31(4)57-27-72-47/h10-17,21-23,27,30,39,41-42,48,58,66H,9,18-20,24-26H2,1-8H3,(H,56,68)(H,59,69)(H,61,67)/t30-,39+,41?,42-,48+/m0/s1. The Kier molecular flexibility index (Phi) is 15.4. The molecular weight excluding hydrogens is 959 g/mol. The minimum absolute atomic E-state index is 0.0246. The largest absolute Gasteiger partial charge is 0.492 e. The smallest absolute Gasteiger partial charge is 0.246 e. The number of aliphatic hydroxyl groups excluding tert-OH is 1. The lowest BCUT2D eigenvalue weighted by Crippen LogP contribution is -2.57. The van der Waals surface area contributed by atoms with E-state index in [1.54, 1.807) is 35.0 Å². The van der Waals surface area contributed by atoms with Crippen molar-refractivity contribution in [3.05, 3.63) is 134 Å². The fraction of sp³-hybridized carbons (Fsp3) is 0.396. The molecule has 0 saturated carbocycles. The lowest BCUT2D eigenvalue weighted by molar-refractivity contribution is -0.144. The number of hydrogen-bond acceptors (Lipinski definition) is 11. The number of aromatic amines is 1. The van der Waals surface area contributed by atoms with Crippen LogP contribution in [0.5, 0.6) is 5.75 Å². The van der Waals surface area contributed by atoms with Crippen LogP contribution in [0.15, 0.2) is 77.2 Å². The van der Waals surface area contributed by atoms with E-state index in [2.05, 4.69) is 36.1 Å². The summed E-state index contributed by atoms with van der Waals surface area (Å²) in [5.74, 6) is -0.0732. The lowest BCUT2D eigenvalue weighted by Gasteiger charge is -2.35. The maximum absolute atomic E-state index is 14.9. The lowest BCUT2D eigenvalue weighted by atomic mass is 9.85. The van der Waals surface area contributed by atoms with E-state index < -0.39 is 53.2 Å². The van der Waals surface area contributed by atoms with Crippen LogP contribution in [0.25, 0.3) is 16.3 Å². The molecule has 2 aliphatic rings. The number of nitrogens with one attached hydrogen (secondary N) is 4. The number of fused-ring (bicyclic) bond motifs is 3. The van der Waals surface area contributed by atoms with Gasteiger partial charge in [0.1, 0.15) is 47.9 Å². The van der Waals surface area contributed by atoms with Gasteiger partial charge in [-0.15, -0.1) is 21.5 Å². The molecule has 0 bridgehead atoms. The minimum atomic E-state index is -1.03. The number of carbonyl (C=O) groups is 4. The second-order valence-electron chi connectivity index (χ2n) is 19.6. The van der Waals surface area contributed by atoms with Gasteiger partial charge in [0.2, 0.25) is 23.6 Å². The van der Waals surface area contributed by atoms with E-state index in [1.807, 2.05) is 96.4 Å². The molecule has 4 amide bonds. The van der Waals surface area contributed by atoms with Gasteiger partial charge in [-0.25, -0.2) is 9.37 Å². The molecule has 1 unspecified atom stereocenters. The highest BCUT2D eigenvalue weighted by Gasteiger charge is 2.45. The molecule has 6 aromatic rings. The quantitative estimate of drug-likeness (QED) is 0.0607. The number of halogens is 2. The first-order valence-corrected chi connectivity index (χ1v) is 25.2. The fourth-order valence-electron chi connectivity index (χ4n) is 9.23. The molecule has 5 N–H and O–H groups in total. The first kappa shape index (κ1) is 51.6. The van der Waals surface area contributed by atoms with Crippen molar-refractivity contribution in [2.24, 2.45) is 10.4 Å². The molecule has 8 rings (SSSR count). The Morgan fingerprint density at radius 2 is 1.69 bits per heavy atom. The number of aliphatic hydroxyl groups is 1. The number of ether oxygens (including phenoxy) is 1. The molecule has 1 saturated heterocycles. The number of aryl methyl sites for hydroxylation is 4. The number of aromatic nitrogens is 5. The Morgan fingerprint density at radius 3 is 2.39 bits per heavy atom. The van der Waals surface area contributed by atoms with Crippen molar-refractivity contribution >= 4 is 52.3 Å². The van der Waals surface area contributed by atoms with Gasteiger partial charge in [0.25, 0.3) is 0 Å². The first-order chi connectivity index (χ1) is 34.2. The number of amides is 4. The molecule has 0 aliphatic carbocycles. The van der Waals surface area contributed by atoms with Crippen molar-refractivity contribution in [2.75, 3.05) is 19.7 Å². The van der Waals surface area contributed by atoms with Crippen molar-refractivity contribution in [3.63, 3.8) is 0 Å². The summed E-state index contributed by atoms with van der Waals surface area (Å²) in [7, 11) is 0. The number of aliphatic imine (C=N–C) groups is 1. The van der Waals surface area contributed by atoms with Crippen LogP contribution in [-0.4, -0.2) is 102 Å². The summed E-state index contributed by atoms with van der Waals surface area (Å²) in [6.07, 6.45) is -0.858. The van der Waals surface area contributed by atoms with Crippen molar-refractivity contribution < 1.29 is 33.4 Å². The summed E-state index contributed by atoms with van der Waals surface area (Å²) in [6.45, 7) is 15.2. The topological polar surface area (TPSA) is 209 Å². The summed E-state index contributed by atoms with van der Waals surface area (Å²) in [5, 5.41) is 28.9. The number of likely N-dealkylation sites (tertiary alicyclic amines) is 1. The second-order valence-corrected chi connectivity index (χ2v) is 20.9. The normalized spacial score (nSPS) is 17.3. The molecule has 0 radical (unpaired) electrons. The average Bonchev–Trinajstić information content (AvgIpc) is 4.10. The van der Waals surface area contributed by atoms with Crippen molar-refractivity contribution in [1.29, 1.82) is 0 Å². The molecule has 2 aliphatic heterocycles. The maximum Gasteiger partial charge on any atom is 0.246 e. The van der Waals surface area contributed by atoms with Crippen molar-refractivity contribution in [2.45, 2.75) is 111 Å². The van der Waals surface area contributed by atoms with Crippen LogP contribution < -0.4 is 20.7 Å². The molecule has 378 valence electrons. The second kappa shape index (κ2) is 21.5. The maximum atomic E-state index is 14.9. The van der Waals surface area contributed by atoms with Crippen LogP contribution in [0.4, 0.5) is 4.39 Å². The van der Waals surface area contributed by atoms with Gasteiger partial charge in [-0.1, -0.05) is 68.8 Å². The number of benzene rings is 3. The Labute approximate surface area is 426 Å². The van der Waals surface area contributed by atoms with Crippen LogP contribution in [0.1, 0.15) is 110 Å². The van der Waals surface area contributed by atoms with E-state index >= 15 is 0 Å². The van der Waals surface area contributed by atoms with Crippen LogP contribution in [0.3, 0.4) is 0 Å². The summed E-state index contributed by atoms with van der Waals surface area (Å²) < 4.78 is 22.7. The molecule has 3 aromatic heterocycles. The van der Waals surface area contributed by atoms with Gasteiger partial charge in [-0.05, 0) is 93.0 Å². The van der Waals surface area contributed by atoms with Gasteiger partial charge in [-0.3, -0.25) is 28.7 Å². The third-order valence-corrected chi connectivity index (χ3v) is 14.4. The Bertz CT molecular complexity index is 3020. The molecule has 16 nitrogen and oxygen atoms in total. The van der Waals surface area contributed by atoms with Crippen LogP contribution in [0.2, 0.25) is 5.02 Å². The predicted molar refractivity (Wildman–Crippen MR) is 274 cm³/mol. The fourth-order valence-corrected chi connectivity index (χ4v) is 10.2. The number of rotatable bonds is 16. The third-order valence-electron chi connectivity index (χ3n) is 13.2. The highest BCUT2D eigenvalue weighted by atomic mass is 35.5. The van der Waals surface area contributed by atoms with E-state index in [9.17, 15) is 28.7 Å². The van der Waals surface area contributed by atoms with E-state index in [4.69, 9.17) is 21.3 Å². The van der Waals surface area contributed by atoms with Gasteiger partial charge in [0.15, 0.2) is 5.82 Å². The third kappa shape index (κ3) is 11.5. The highest BCUT2D eigenvalue weighted by Crippen LogP contribution is 2.36. The number of β-amino-alcohol motifs (C(OH)–C–C–N with tert-alkyl or cyclic N) is 1. The number of carbonyl (C=O) groups excluding carboxylic acids is 4. The zero-order chi connectivity index (χ0) is 51.6. The predicted octanol–water partition coefficient (Wildman–Crippen LogP) is 7.53. The zero-order valence-corrected chi connectivity index (χ0v) is 43.2.